The molecule has 0 spiro atoms. The molecule has 0 aliphatic heterocycles. The van der Waals surface area contributed by atoms with Crippen LogP contribution in [0.15, 0.2) is 18.2 Å². The molecule has 0 aromatic heterocycles. The SMILES string of the molecule is Cl.N[C@@H]1CCC[C@H]1CC(=O)Nc1cccc(F)c1F. The molecule has 1 amide bonds. The average Bonchev–Trinajstić information content (AvgIpc) is 2.71. The fourth-order valence-electron chi connectivity index (χ4n) is 2.36. The maximum Gasteiger partial charge on any atom is 0.224 e. The fraction of sp³-hybridized carbons (Fsp3) is 0.462. The third kappa shape index (κ3) is 3.88. The molecule has 0 unspecified atom stereocenters. The molecule has 2 atom stereocenters. The highest BCUT2D eigenvalue weighted by Crippen LogP contribution is 2.27. The fourth-order valence-corrected chi connectivity index (χ4v) is 2.36. The second kappa shape index (κ2) is 6.82. The zero-order valence-electron chi connectivity index (χ0n) is 10.4. The van der Waals surface area contributed by atoms with Crippen LogP contribution in [0.3, 0.4) is 0 Å². The Morgan fingerprint density at radius 1 is 1.37 bits per heavy atom. The van der Waals surface area contributed by atoms with Crippen LogP contribution >= 0.6 is 12.4 Å². The monoisotopic (exact) mass is 290 g/mol. The summed E-state index contributed by atoms with van der Waals surface area (Å²) >= 11 is 0. The Balaban J connectivity index is 0.00000180. The summed E-state index contributed by atoms with van der Waals surface area (Å²) in [5.74, 6) is -2.17. The van der Waals surface area contributed by atoms with Crippen LogP contribution in [0.4, 0.5) is 14.5 Å². The van der Waals surface area contributed by atoms with E-state index < -0.39 is 11.6 Å². The smallest absolute Gasteiger partial charge is 0.224 e. The maximum absolute atomic E-state index is 13.3. The first kappa shape index (κ1) is 15.9. The minimum absolute atomic E-state index is 0. The Bertz CT molecular complexity index is 456. The topological polar surface area (TPSA) is 55.1 Å². The third-order valence-electron chi connectivity index (χ3n) is 3.39. The number of carbonyl (C=O) groups excluding carboxylic acids is 1. The standard InChI is InChI=1S/C13H16F2N2O.ClH/c14-9-4-2-6-11(13(9)15)17-12(18)7-8-3-1-5-10(8)16;/h2,4,6,8,10H,1,3,5,7,16H2,(H,17,18);1H/t8-,10+;/m0./s1. The molecule has 1 fully saturated rings. The summed E-state index contributed by atoms with van der Waals surface area (Å²) in [6.45, 7) is 0. The van der Waals surface area contributed by atoms with Crippen LogP contribution in [0.2, 0.25) is 0 Å². The van der Waals surface area contributed by atoms with Gasteiger partial charge in [-0.1, -0.05) is 12.5 Å². The van der Waals surface area contributed by atoms with E-state index in [1.54, 1.807) is 0 Å². The molecule has 6 heteroatoms. The summed E-state index contributed by atoms with van der Waals surface area (Å²) < 4.78 is 26.3. The summed E-state index contributed by atoms with van der Waals surface area (Å²) in [7, 11) is 0. The number of hydrogen-bond acceptors (Lipinski definition) is 2. The van der Waals surface area contributed by atoms with Crippen molar-refractivity contribution in [3.8, 4) is 0 Å². The number of amides is 1. The van der Waals surface area contributed by atoms with Gasteiger partial charge in [0.1, 0.15) is 0 Å². The molecule has 1 aliphatic rings. The molecule has 1 aromatic carbocycles. The quantitative estimate of drug-likeness (QED) is 0.899. The Hall–Kier alpha value is -1.20. The van der Waals surface area contributed by atoms with Gasteiger partial charge in [-0.15, -0.1) is 12.4 Å². The van der Waals surface area contributed by atoms with Gasteiger partial charge >= 0.3 is 0 Å². The molecule has 0 bridgehead atoms. The van der Waals surface area contributed by atoms with Crippen LogP contribution in [0.25, 0.3) is 0 Å². The number of halogens is 3. The number of hydrogen-bond donors (Lipinski definition) is 2. The second-order valence-corrected chi connectivity index (χ2v) is 4.71. The number of rotatable bonds is 3. The van der Waals surface area contributed by atoms with Gasteiger partial charge in [-0.25, -0.2) is 8.78 Å². The molecule has 1 aliphatic carbocycles. The number of carbonyl (C=O) groups is 1. The first-order valence-corrected chi connectivity index (χ1v) is 6.07. The van der Waals surface area contributed by atoms with Crippen molar-refractivity contribution >= 4 is 24.0 Å². The van der Waals surface area contributed by atoms with Crippen molar-refractivity contribution in [2.24, 2.45) is 11.7 Å². The lowest BCUT2D eigenvalue weighted by Crippen LogP contribution is -2.28. The van der Waals surface area contributed by atoms with Crippen molar-refractivity contribution in [2.45, 2.75) is 31.7 Å². The highest BCUT2D eigenvalue weighted by atomic mass is 35.5. The van der Waals surface area contributed by atoms with Gasteiger partial charge in [-0.2, -0.15) is 0 Å². The van der Waals surface area contributed by atoms with Gasteiger partial charge in [0.2, 0.25) is 5.91 Å². The highest BCUT2D eigenvalue weighted by molar-refractivity contribution is 5.91. The van der Waals surface area contributed by atoms with Crippen LogP contribution in [-0.4, -0.2) is 11.9 Å². The summed E-state index contributed by atoms with van der Waals surface area (Å²) in [4.78, 5) is 11.7. The number of anilines is 1. The van der Waals surface area contributed by atoms with Crippen LogP contribution in [0.5, 0.6) is 0 Å². The van der Waals surface area contributed by atoms with Crippen molar-refractivity contribution in [1.29, 1.82) is 0 Å². The van der Waals surface area contributed by atoms with Crippen LogP contribution < -0.4 is 11.1 Å². The molecule has 1 aromatic rings. The minimum Gasteiger partial charge on any atom is -0.327 e. The lowest BCUT2D eigenvalue weighted by Gasteiger charge is -2.15. The van der Waals surface area contributed by atoms with Gasteiger partial charge < -0.3 is 11.1 Å². The largest absolute Gasteiger partial charge is 0.327 e. The van der Waals surface area contributed by atoms with Crippen molar-refractivity contribution in [3.63, 3.8) is 0 Å². The van der Waals surface area contributed by atoms with Gasteiger partial charge in [0, 0.05) is 12.5 Å². The molecule has 0 heterocycles. The summed E-state index contributed by atoms with van der Waals surface area (Å²) in [6, 6.07) is 3.74. The van der Waals surface area contributed by atoms with E-state index in [-0.39, 0.29) is 42.4 Å². The zero-order chi connectivity index (χ0) is 13.1. The second-order valence-electron chi connectivity index (χ2n) is 4.71. The van der Waals surface area contributed by atoms with E-state index in [1.807, 2.05) is 0 Å². The van der Waals surface area contributed by atoms with Gasteiger partial charge in [0.05, 0.1) is 5.69 Å². The Labute approximate surface area is 117 Å². The van der Waals surface area contributed by atoms with E-state index in [2.05, 4.69) is 5.32 Å². The molecule has 1 saturated carbocycles. The van der Waals surface area contributed by atoms with Crippen molar-refractivity contribution in [3.05, 3.63) is 29.8 Å². The number of nitrogens with one attached hydrogen (secondary N) is 1. The predicted molar refractivity (Wildman–Crippen MR) is 72.2 cm³/mol. The summed E-state index contributed by atoms with van der Waals surface area (Å²) in [6.07, 6.45) is 3.12. The molecule has 19 heavy (non-hydrogen) atoms. The normalized spacial score (nSPS) is 21.8. The van der Waals surface area contributed by atoms with Gasteiger partial charge in [-0.05, 0) is 30.9 Å². The molecule has 2 rings (SSSR count). The van der Waals surface area contributed by atoms with E-state index >= 15 is 0 Å². The lowest BCUT2D eigenvalue weighted by molar-refractivity contribution is -0.117. The van der Waals surface area contributed by atoms with E-state index in [0.29, 0.717) is 0 Å². The maximum atomic E-state index is 13.3. The van der Waals surface area contributed by atoms with Gasteiger partial charge in [-0.3, -0.25) is 4.79 Å². The van der Waals surface area contributed by atoms with Crippen LogP contribution in [0, 0.1) is 17.6 Å². The number of benzene rings is 1. The van der Waals surface area contributed by atoms with E-state index in [9.17, 15) is 13.6 Å². The molecule has 0 saturated heterocycles. The molecule has 3 nitrogen and oxygen atoms in total. The highest BCUT2D eigenvalue weighted by Gasteiger charge is 2.26. The van der Waals surface area contributed by atoms with Crippen molar-refractivity contribution in [2.75, 3.05) is 5.32 Å². The van der Waals surface area contributed by atoms with E-state index in [4.69, 9.17) is 5.73 Å². The number of nitrogens with two attached hydrogens (primary N) is 1. The Kier molecular flexibility index (Phi) is 5.69. The van der Waals surface area contributed by atoms with E-state index in [0.717, 1.165) is 25.3 Å². The molecule has 106 valence electrons. The summed E-state index contributed by atoms with van der Waals surface area (Å²) in [5.41, 5.74) is 5.74. The van der Waals surface area contributed by atoms with Crippen LogP contribution in [-0.2, 0) is 4.79 Å². The molecular formula is C13H17ClF2N2O. The Morgan fingerprint density at radius 3 is 2.74 bits per heavy atom. The average molecular weight is 291 g/mol. The minimum atomic E-state index is -1.03. The van der Waals surface area contributed by atoms with Crippen LogP contribution in [0.1, 0.15) is 25.7 Å². The first-order chi connectivity index (χ1) is 8.58. The zero-order valence-corrected chi connectivity index (χ0v) is 11.2. The van der Waals surface area contributed by atoms with Crippen molar-refractivity contribution in [1.82, 2.24) is 0 Å². The molecule has 3 N–H and O–H groups in total. The predicted octanol–water partition coefficient (Wildman–Crippen LogP) is 2.84. The van der Waals surface area contributed by atoms with Gasteiger partial charge in [0.15, 0.2) is 11.6 Å². The Morgan fingerprint density at radius 2 is 2.11 bits per heavy atom. The van der Waals surface area contributed by atoms with Gasteiger partial charge in [0.25, 0.3) is 0 Å². The molecule has 0 radical (unpaired) electrons. The third-order valence-corrected chi connectivity index (χ3v) is 3.39. The van der Waals surface area contributed by atoms with E-state index in [1.165, 1.54) is 12.1 Å². The summed E-state index contributed by atoms with van der Waals surface area (Å²) in [5, 5.41) is 2.39. The molecular weight excluding hydrogens is 274 g/mol. The van der Waals surface area contributed by atoms with Crippen molar-refractivity contribution < 1.29 is 13.6 Å². The lowest BCUT2D eigenvalue weighted by atomic mass is 10.00. The first-order valence-electron chi connectivity index (χ1n) is 6.07.